The maximum atomic E-state index is 5.06. The highest BCUT2D eigenvalue weighted by atomic mass is 15.3. The number of nitrogens with one attached hydrogen (secondary N) is 1. The lowest BCUT2D eigenvalue weighted by molar-refractivity contribution is 0.252. The van der Waals surface area contributed by atoms with E-state index in [4.69, 9.17) is 4.98 Å². The second-order valence-corrected chi connectivity index (χ2v) is 9.53. The molecule has 2 aliphatic heterocycles. The van der Waals surface area contributed by atoms with Gasteiger partial charge in [-0.25, -0.2) is 9.97 Å². The first-order valence-electron chi connectivity index (χ1n) is 12.4. The summed E-state index contributed by atoms with van der Waals surface area (Å²) in [4.78, 5) is 14.9. The number of nitrogens with zero attached hydrogens (tertiary/aromatic N) is 4. The number of likely N-dealkylation sites (tertiary alicyclic amines) is 1. The van der Waals surface area contributed by atoms with Crippen LogP contribution in [0.3, 0.4) is 0 Å². The van der Waals surface area contributed by atoms with Crippen LogP contribution in [0.25, 0.3) is 22.2 Å². The highest BCUT2D eigenvalue weighted by molar-refractivity contribution is 5.94. The third-order valence-electron chi connectivity index (χ3n) is 7.48. The predicted octanol–water partition coefficient (Wildman–Crippen LogP) is 5.75. The molecule has 2 saturated heterocycles. The summed E-state index contributed by atoms with van der Waals surface area (Å²) in [7, 11) is 0. The van der Waals surface area contributed by atoms with Crippen molar-refractivity contribution in [2.45, 2.75) is 38.4 Å². The summed E-state index contributed by atoms with van der Waals surface area (Å²) < 4.78 is 0. The highest BCUT2D eigenvalue weighted by Gasteiger charge is 2.42. The first-order valence-corrected chi connectivity index (χ1v) is 12.4. The smallest absolute Gasteiger partial charge is 0.127 e. The van der Waals surface area contributed by atoms with Gasteiger partial charge in [0.2, 0.25) is 0 Å². The third-order valence-corrected chi connectivity index (χ3v) is 7.48. The summed E-state index contributed by atoms with van der Waals surface area (Å²) >= 11 is 0. The van der Waals surface area contributed by atoms with Gasteiger partial charge in [-0.05, 0) is 49.7 Å². The van der Waals surface area contributed by atoms with Gasteiger partial charge in [0.25, 0.3) is 0 Å². The van der Waals surface area contributed by atoms with E-state index in [0.717, 1.165) is 42.2 Å². The normalized spacial score (nSPS) is 20.7. The Labute approximate surface area is 201 Å². The van der Waals surface area contributed by atoms with Gasteiger partial charge in [0, 0.05) is 54.0 Å². The van der Waals surface area contributed by atoms with E-state index in [1.54, 1.807) is 0 Å². The monoisotopic (exact) mass is 449 g/mol. The van der Waals surface area contributed by atoms with Crippen molar-refractivity contribution < 1.29 is 0 Å². The number of aromatic nitrogens is 2. The molecule has 0 saturated carbocycles. The van der Waals surface area contributed by atoms with Crippen LogP contribution in [0.4, 0.5) is 11.5 Å². The number of pyridine rings is 2. The predicted molar refractivity (Wildman–Crippen MR) is 140 cm³/mol. The average molecular weight is 450 g/mol. The molecule has 2 fully saturated rings. The van der Waals surface area contributed by atoms with Crippen LogP contribution >= 0.6 is 0 Å². The number of anilines is 2. The summed E-state index contributed by atoms with van der Waals surface area (Å²) in [5.41, 5.74) is 5.69. The first kappa shape index (κ1) is 21.1. The van der Waals surface area contributed by atoms with E-state index < -0.39 is 0 Å². The van der Waals surface area contributed by atoms with Crippen LogP contribution in [0.5, 0.6) is 0 Å². The van der Waals surface area contributed by atoms with E-state index in [1.165, 1.54) is 23.1 Å². The quantitative estimate of drug-likeness (QED) is 0.406. The van der Waals surface area contributed by atoms with Gasteiger partial charge in [-0.15, -0.1) is 0 Å². The van der Waals surface area contributed by atoms with Gasteiger partial charge in [0.1, 0.15) is 5.82 Å². The number of para-hydroxylation sites is 1. The van der Waals surface area contributed by atoms with Gasteiger partial charge in [-0.3, -0.25) is 4.90 Å². The lowest BCUT2D eigenvalue weighted by atomic mass is 10.1. The number of benzene rings is 2. The number of fused-ring (bicyclic) bond motifs is 3. The molecule has 2 aromatic carbocycles. The fourth-order valence-corrected chi connectivity index (χ4v) is 5.69. The standard InChI is InChI=1S/C29H31N5/c1-3-33-18-24-16-23(33)19-34(24)28-17-27(32-26-12-8-7-11-25(26)28)22-13-14-30-29(15-22)31-20(2)21-9-5-4-6-10-21/h4-15,17,20,23-24H,3,16,18-19H2,1-2H3,(H,30,31)/t20?,23-,24-/m0/s1. The van der Waals surface area contributed by atoms with Crippen molar-refractivity contribution in [2.75, 3.05) is 29.9 Å². The van der Waals surface area contributed by atoms with Crippen molar-refractivity contribution in [1.82, 2.24) is 14.9 Å². The molecule has 6 rings (SSSR count). The van der Waals surface area contributed by atoms with Crippen molar-refractivity contribution in [3.8, 4) is 11.3 Å². The van der Waals surface area contributed by atoms with Crippen molar-refractivity contribution in [1.29, 1.82) is 0 Å². The topological polar surface area (TPSA) is 44.3 Å². The fraction of sp³-hybridized carbons (Fsp3) is 0.310. The molecular weight excluding hydrogens is 418 g/mol. The molecule has 4 heterocycles. The Morgan fingerprint density at radius 2 is 1.79 bits per heavy atom. The molecule has 0 radical (unpaired) electrons. The van der Waals surface area contributed by atoms with Crippen LogP contribution in [0, 0.1) is 0 Å². The van der Waals surface area contributed by atoms with Gasteiger partial charge < -0.3 is 10.2 Å². The Balaban J connectivity index is 1.34. The number of hydrogen-bond acceptors (Lipinski definition) is 5. The van der Waals surface area contributed by atoms with E-state index in [-0.39, 0.29) is 6.04 Å². The molecule has 172 valence electrons. The number of hydrogen-bond donors (Lipinski definition) is 1. The van der Waals surface area contributed by atoms with Gasteiger partial charge in [-0.2, -0.15) is 0 Å². The summed E-state index contributed by atoms with van der Waals surface area (Å²) in [6.45, 7) is 7.85. The summed E-state index contributed by atoms with van der Waals surface area (Å²) in [5, 5.41) is 4.80. The minimum Gasteiger partial charge on any atom is -0.365 e. The average Bonchev–Trinajstić information content (AvgIpc) is 3.49. The highest BCUT2D eigenvalue weighted by Crippen LogP contribution is 2.39. The number of piperazine rings is 1. The maximum absolute atomic E-state index is 5.06. The van der Waals surface area contributed by atoms with Crippen molar-refractivity contribution in [2.24, 2.45) is 0 Å². The molecule has 3 atom stereocenters. The van der Waals surface area contributed by atoms with E-state index in [9.17, 15) is 0 Å². The lowest BCUT2D eigenvalue weighted by Crippen LogP contribution is -2.46. The Bertz CT molecular complexity index is 1300. The molecule has 0 amide bonds. The molecule has 0 aliphatic carbocycles. The van der Waals surface area contributed by atoms with Gasteiger partial charge in [0.05, 0.1) is 11.2 Å². The molecule has 4 aromatic rings. The van der Waals surface area contributed by atoms with E-state index in [0.29, 0.717) is 12.1 Å². The zero-order valence-corrected chi connectivity index (χ0v) is 19.9. The van der Waals surface area contributed by atoms with Crippen LogP contribution < -0.4 is 10.2 Å². The minimum absolute atomic E-state index is 0.172. The second kappa shape index (κ2) is 8.73. The summed E-state index contributed by atoms with van der Waals surface area (Å²) in [6, 6.07) is 26.9. The van der Waals surface area contributed by atoms with Crippen LogP contribution in [0.2, 0.25) is 0 Å². The van der Waals surface area contributed by atoms with Crippen molar-refractivity contribution in [3.63, 3.8) is 0 Å². The Morgan fingerprint density at radius 3 is 2.59 bits per heavy atom. The molecular formula is C29H31N5. The molecule has 0 spiro atoms. The second-order valence-electron chi connectivity index (χ2n) is 9.53. The van der Waals surface area contributed by atoms with Crippen molar-refractivity contribution in [3.05, 3.63) is 84.6 Å². The Hall–Kier alpha value is -3.44. The van der Waals surface area contributed by atoms with Crippen LogP contribution in [-0.4, -0.2) is 46.6 Å². The SMILES string of the molecule is CCN1C[C@@H]2C[C@H]1CN2c1cc(-c2ccnc(NC(C)c3ccccc3)c2)nc2ccccc12. The molecule has 34 heavy (non-hydrogen) atoms. The number of likely N-dealkylation sites (N-methyl/N-ethyl adjacent to an activating group) is 1. The maximum Gasteiger partial charge on any atom is 0.127 e. The largest absolute Gasteiger partial charge is 0.365 e. The third kappa shape index (κ3) is 3.80. The fourth-order valence-electron chi connectivity index (χ4n) is 5.69. The molecule has 1 N–H and O–H groups in total. The Morgan fingerprint density at radius 1 is 0.971 bits per heavy atom. The first-order chi connectivity index (χ1) is 16.7. The molecule has 5 heteroatoms. The van der Waals surface area contributed by atoms with Gasteiger partial charge in [0.15, 0.2) is 0 Å². The zero-order chi connectivity index (χ0) is 23.1. The summed E-state index contributed by atoms with van der Waals surface area (Å²) in [6.07, 6.45) is 3.14. The van der Waals surface area contributed by atoms with E-state index in [1.807, 2.05) is 12.3 Å². The number of rotatable bonds is 6. The zero-order valence-electron chi connectivity index (χ0n) is 19.9. The molecule has 2 aromatic heterocycles. The molecule has 2 aliphatic rings. The minimum atomic E-state index is 0.172. The molecule has 2 bridgehead atoms. The van der Waals surface area contributed by atoms with E-state index >= 15 is 0 Å². The molecule has 5 nitrogen and oxygen atoms in total. The summed E-state index contributed by atoms with van der Waals surface area (Å²) in [5.74, 6) is 0.865. The molecule has 1 unspecified atom stereocenters. The van der Waals surface area contributed by atoms with Gasteiger partial charge in [-0.1, -0.05) is 55.5 Å². The lowest BCUT2D eigenvalue weighted by Gasteiger charge is -2.35. The van der Waals surface area contributed by atoms with Crippen LogP contribution in [0.15, 0.2) is 79.0 Å². The van der Waals surface area contributed by atoms with Crippen molar-refractivity contribution >= 4 is 22.4 Å². The van der Waals surface area contributed by atoms with E-state index in [2.05, 4.69) is 101 Å². The van der Waals surface area contributed by atoms with Crippen LogP contribution in [0.1, 0.15) is 31.9 Å². The van der Waals surface area contributed by atoms with Crippen LogP contribution in [-0.2, 0) is 0 Å². The Kier molecular flexibility index (Phi) is 5.42. The van der Waals surface area contributed by atoms with Gasteiger partial charge >= 0.3 is 0 Å².